The Balaban J connectivity index is 2.03. The van der Waals surface area contributed by atoms with E-state index in [1.54, 1.807) is 0 Å². The molecule has 1 saturated heterocycles. The van der Waals surface area contributed by atoms with E-state index in [2.05, 4.69) is 38.1 Å². The maximum atomic E-state index is 5.57. The molecule has 1 heterocycles. The summed E-state index contributed by atoms with van der Waals surface area (Å²) < 4.78 is 11.1. The third-order valence-corrected chi connectivity index (χ3v) is 2.76. The standard InChI is InChI=1S/C13H18O2/c1-13(2,12-14-8-9-15-12)10-11-6-4-3-5-7-11/h3-7,12H,8-10H2,1-2H3. The highest BCUT2D eigenvalue weighted by Gasteiger charge is 2.34. The maximum absolute atomic E-state index is 5.57. The smallest absolute Gasteiger partial charge is 0.163 e. The molecular weight excluding hydrogens is 188 g/mol. The number of hydrogen-bond donors (Lipinski definition) is 0. The molecule has 2 rings (SSSR count). The van der Waals surface area contributed by atoms with E-state index >= 15 is 0 Å². The van der Waals surface area contributed by atoms with E-state index in [1.807, 2.05) is 6.07 Å². The van der Waals surface area contributed by atoms with E-state index in [0.29, 0.717) is 0 Å². The van der Waals surface area contributed by atoms with Crippen LogP contribution in [-0.2, 0) is 15.9 Å². The Morgan fingerprint density at radius 3 is 2.33 bits per heavy atom. The zero-order chi connectivity index (χ0) is 10.7. The van der Waals surface area contributed by atoms with Gasteiger partial charge < -0.3 is 9.47 Å². The molecule has 0 saturated carbocycles. The molecular formula is C13H18O2. The highest BCUT2D eigenvalue weighted by Crippen LogP contribution is 2.31. The fourth-order valence-electron chi connectivity index (χ4n) is 2.01. The first kappa shape index (κ1) is 10.7. The number of ether oxygens (including phenoxy) is 2. The molecule has 0 radical (unpaired) electrons. The number of rotatable bonds is 3. The van der Waals surface area contributed by atoms with Gasteiger partial charge in [0.2, 0.25) is 0 Å². The van der Waals surface area contributed by atoms with Crippen molar-refractivity contribution in [3.63, 3.8) is 0 Å². The first-order valence-corrected chi connectivity index (χ1v) is 5.46. The summed E-state index contributed by atoms with van der Waals surface area (Å²) in [6.45, 7) is 5.83. The average molecular weight is 206 g/mol. The van der Waals surface area contributed by atoms with Gasteiger partial charge in [-0.2, -0.15) is 0 Å². The van der Waals surface area contributed by atoms with Crippen molar-refractivity contribution in [3.8, 4) is 0 Å². The Hall–Kier alpha value is -0.860. The minimum Gasteiger partial charge on any atom is -0.350 e. The summed E-state index contributed by atoms with van der Waals surface area (Å²) in [6, 6.07) is 10.5. The molecule has 1 aromatic rings. The van der Waals surface area contributed by atoms with Gasteiger partial charge in [0.1, 0.15) is 0 Å². The van der Waals surface area contributed by atoms with Gasteiger partial charge in [-0.05, 0) is 12.0 Å². The van der Waals surface area contributed by atoms with Crippen LogP contribution in [0.25, 0.3) is 0 Å². The van der Waals surface area contributed by atoms with Crippen molar-refractivity contribution in [2.45, 2.75) is 26.6 Å². The van der Waals surface area contributed by atoms with Crippen LogP contribution in [-0.4, -0.2) is 19.5 Å². The summed E-state index contributed by atoms with van der Waals surface area (Å²) in [5, 5.41) is 0. The van der Waals surface area contributed by atoms with Crippen LogP contribution in [0.5, 0.6) is 0 Å². The molecule has 0 atom stereocenters. The lowest BCUT2D eigenvalue weighted by atomic mass is 9.85. The van der Waals surface area contributed by atoms with Crippen LogP contribution in [0.15, 0.2) is 30.3 Å². The summed E-state index contributed by atoms with van der Waals surface area (Å²) in [4.78, 5) is 0. The Morgan fingerprint density at radius 1 is 1.13 bits per heavy atom. The van der Waals surface area contributed by atoms with Crippen molar-refractivity contribution in [3.05, 3.63) is 35.9 Å². The van der Waals surface area contributed by atoms with Crippen molar-refractivity contribution >= 4 is 0 Å². The van der Waals surface area contributed by atoms with Gasteiger partial charge in [0.25, 0.3) is 0 Å². The van der Waals surface area contributed by atoms with Gasteiger partial charge in [-0.3, -0.25) is 0 Å². The van der Waals surface area contributed by atoms with Crippen LogP contribution in [0.4, 0.5) is 0 Å². The predicted molar refractivity (Wildman–Crippen MR) is 59.6 cm³/mol. The molecule has 2 nitrogen and oxygen atoms in total. The van der Waals surface area contributed by atoms with Gasteiger partial charge in [0.15, 0.2) is 6.29 Å². The second-order valence-corrected chi connectivity index (χ2v) is 4.72. The molecule has 1 aliphatic rings. The molecule has 1 aliphatic heterocycles. The van der Waals surface area contributed by atoms with Gasteiger partial charge in [-0.25, -0.2) is 0 Å². The van der Waals surface area contributed by atoms with Gasteiger partial charge in [-0.15, -0.1) is 0 Å². The maximum Gasteiger partial charge on any atom is 0.163 e. The van der Waals surface area contributed by atoms with Crippen LogP contribution in [0.1, 0.15) is 19.4 Å². The summed E-state index contributed by atoms with van der Waals surface area (Å²) in [7, 11) is 0. The quantitative estimate of drug-likeness (QED) is 0.757. The minimum absolute atomic E-state index is 0.0395. The molecule has 1 fully saturated rings. The van der Waals surface area contributed by atoms with E-state index in [1.165, 1.54) is 5.56 Å². The Kier molecular flexibility index (Phi) is 3.08. The Labute approximate surface area is 91.2 Å². The second-order valence-electron chi connectivity index (χ2n) is 4.72. The van der Waals surface area contributed by atoms with E-state index in [0.717, 1.165) is 19.6 Å². The molecule has 15 heavy (non-hydrogen) atoms. The predicted octanol–water partition coefficient (Wildman–Crippen LogP) is 2.63. The highest BCUT2D eigenvalue weighted by molar-refractivity contribution is 5.16. The van der Waals surface area contributed by atoms with Gasteiger partial charge >= 0.3 is 0 Å². The van der Waals surface area contributed by atoms with Crippen molar-refractivity contribution in [2.75, 3.05) is 13.2 Å². The van der Waals surface area contributed by atoms with Crippen LogP contribution in [0.2, 0.25) is 0 Å². The van der Waals surface area contributed by atoms with E-state index < -0.39 is 0 Å². The lowest BCUT2D eigenvalue weighted by Gasteiger charge is -2.29. The monoisotopic (exact) mass is 206 g/mol. The molecule has 0 N–H and O–H groups in total. The number of benzene rings is 1. The SMILES string of the molecule is CC(C)(Cc1ccccc1)C1OCCO1. The third kappa shape index (κ3) is 2.58. The Morgan fingerprint density at radius 2 is 1.73 bits per heavy atom. The zero-order valence-electron chi connectivity index (χ0n) is 9.40. The van der Waals surface area contributed by atoms with Crippen LogP contribution in [0.3, 0.4) is 0 Å². The fraction of sp³-hybridized carbons (Fsp3) is 0.538. The lowest BCUT2D eigenvalue weighted by Crippen LogP contribution is -2.32. The van der Waals surface area contributed by atoms with Crippen molar-refractivity contribution in [1.82, 2.24) is 0 Å². The Bertz CT molecular complexity index is 300. The van der Waals surface area contributed by atoms with E-state index in [9.17, 15) is 0 Å². The topological polar surface area (TPSA) is 18.5 Å². The second kappa shape index (κ2) is 4.33. The summed E-state index contributed by atoms with van der Waals surface area (Å²) in [6.07, 6.45) is 0.927. The van der Waals surface area contributed by atoms with Crippen LogP contribution < -0.4 is 0 Å². The highest BCUT2D eigenvalue weighted by atomic mass is 16.7. The molecule has 0 spiro atoms. The summed E-state index contributed by atoms with van der Waals surface area (Å²) in [5.41, 5.74) is 1.37. The lowest BCUT2D eigenvalue weighted by molar-refractivity contribution is -0.119. The van der Waals surface area contributed by atoms with Crippen LogP contribution >= 0.6 is 0 Å². The van der Waals surface area contributed by atoms with Crippen LogP contribution in [0, 0.1) is 5.41 Å². The van der Waals surface area contributed by atoms with E-state index in [-0.39, 0.29) is 11.7 Å². The van der Waals surface area contributed by atoms with Gasteiger partial charge in [-0.1, -0.05) is 44.2 Å². The molecule has 0 amide bonds. The summed E-state index contributed by atoms with van der Waals surface area (Å²) in [5.74, 6) is 0. The average Bonchev–Trinajstić information content (AvgIpc) is 2.71. The third-order valence-electron chi connectivity index (χ3n) is 2.76. The van der Waals surface area contributed by atoms with E-state index in [4.69, 9.17) is 9.47 Å². The molecule has 0 aliphatic carbocycles. The minimum atomic E-state index is -0.0577. The molecule has 0 bridgehead atoms. The molecule has 1 aromatic carbocycles. The first-order chi connectivity index (χ1) is 7.18. The first-order valence-electron chi connectivity index (χ1n) is 5.46. The molecule has 0 unspecified atom stereocenters. The molecule has 82 valence electrons. The van der Waals surface area contributed by atoms with Crippen molar-refractivity contribution < 1.29 is 9.47 Å². The largest absolute Gasteiger partial charge is 0.350 e. The van der Waals surface area contributed by atoms with Gasteiger partial charge in [0, 0.05) is 5.41 Å². The number of hydrogen-bond acceptors (Lipinski definition) is 2. The van der Waals surface area contributed by atoms with Crippen molar-refractivity contribution in [2.24, 2.45) is 5.41 Å². The fourth-order valence-corrected chi connectivity index (χ4v) is 2.01. The summed E-state index contributed by atoms with van der Waals surface area (Å²) >= 11 is 0. The molecule has 0 aromatic heterocycles. The molecule has 2 heteroatoms. The van der Waals surface area contributed by atoms with Gasteiger partial charge in [0.05, 0.1) is 13.2 Å². The normalized spacial score (nSPS) is 18.3. The zero-order valence-corrected chi connectivity index (χ0v) is 9.40. The van der Waals surface area contributed by atoms with Crippen molar-refractivity contribution in [1.29, 1.82) is 0 Å².